The molecule has 0 aliphatic heterocycles. The van der Waals surface area contributed by atoms with Gasteiger partial charge in [0.15, 0.2) is 0 Å². The Hall–Kier alpha value is -0.610. The lowest BCUT2D eigenvalue weighted by Crippen LogP contribution is -2.25. The first-order valence-corrected chi connectivity index (χ1v) is 5.87. The highest BCUT2D eigenvalue weighted by Crippen LogP contribution is 2.08. The lowest BCUT2D eigenvalue weighted by atomic mass is 10.4. The minimum atomic E-state index is 0.00766. The predicted molar refractivity (Wildman–Crippen MR) is 58.9 cm³/mol. The molecule has 0 aromatic carbocycles. The van der Waals surface area contributed by atoms with Gasteiger partial charge in [-0.1, -0.05) is 0 Å². The van der Waals surface area contributed by atoms with Crippen molar-refractivity contribution >= 4 is 28.8 Å². The lowest BCUT2D eigenvalue weighted by molar-refractivity contribution is -0.120. The number of amides is 1. The van der Waals surface area contributed by atoms with Crippen molar-refractivity contribution in [3.63, 3.8) is 0 Å². The smallest absolute Gasteiger partial charge is 0.221 e. The molecule has 1 heterocycles. The molecular weight excluding hydrogens is 220 g/mol. The summed E-state index contributed by atoms with van der Waals surface area (Å²) in [5.74, 6) is 0.385. The molecule has 0 aliphatic carbocycles. The quantitative estimate of drug-likeness (QED) is 0.786. The van der Waals surface area contributed by atoms with Crippen LogP contribution in [0.2, 0.25) is 0 Å². The summed E-state index contributed by atoms with van der Waals surface area (Å²) < 4.78 is 0. The molecule has 1 aromatic rings. The van der Waals surface area contributed by atoms with Gasteiger partial charge < -0.3 is 5.32 Å². The SMILES string of the molecule is Cc1csc(CCNC(=O)CCCl)n1. The van der Waals surface area contributed by atoms with Gasteiger partial charge in [-0.3, -0.25) is 4.79 Å². The zero-order valence-corrected chi connectivity index (χ0v) is 9.62. The van der Waals surface area contributed by atoms with Crippen molar-refractivity contribution in [2.24, 2.45) is 0 Å². The average Bonchev–Trinajstić information content (AvgIpc) is 2.52. The number of nitrogens with one attached hydrogen (secondary N) is 1. The summed E-state index contributed by atoms with van der Waals surface area (Å²) in [4.78, 5) is 15.3. The van der Waals surface area contributed by atoms with Crippen LogP contribution in [0.15, 0.2) is 5.38 Å². The normalized spacial score (nSPS) is 10.1. The van der Waals surface area contributed by atoms with E-state index in [1.807, 2.05) is 12.3 Å². The molecule has 0 saturated heterocycles. The summed E-state index contributed by atoms with van der Waals surface area (Å²) in [6, 6.07) is 0. The molecule has 1 N–H and O–H groups in total. The van der Waals surface area contributed by atoms with E-state index in [0.29, 0.717) is 18.8 Å². The number of thiazole rings is 1. The Morgan fingerprint density at radius 1 is 1.71 bits per heavy atom. The molecule has 78 valence electrons. The van der Waals surface area contributed by atoms with Gasteiger partial charge in [-0.2, -0.15) is 0 Å². The Morgan fingerprint density at radius 3 is 3.07 bits per heavy atom. The summed E-state index contributed by atoms with van der Waals surface area (Å²) in [5.41, 5.74) is 1.04. The fourth-order valence-electron chi connectivity index (χ4n) is 1.00. The van der Waals surface area contributed by atoms with Crippen molar-refractivity contribution in [2.75, 3.05) is 12.4 Å². The van der Waals surface area contributed by atoms with E-state index >= 15 is 0 Å². The highest BCUT2D eigenvalue weighted by molar-refractivity contribution is 7.09. The zero-order chi connectivity index (χ0) is 10.4. The number of aromatic nitrogens is 1. The second-order valence-corrected chi connectivity index (χ2v) is 4.24. The molecular formula is C9H13ClN2OS. The van der Waals surface area contributed by atoms with Gasteiger partial charge in [0.1, 0.15) is 0 Å². The highest BCUT2D eigenvalue weighted by atomic mass is 35.5. The summed E-state index contributed by atoms with van der Waals surface area (Å²) in [6.07, 6.45) is 1.19. The number of rotatable bonds is 5. The van der Waals surface area contributed by atoms with Crippen LogP contribution in [0.5, 0.6) is 0 Å². The molecule has 0 unspecified atom stereocenters. The van der Waals surface area contributed by atoms with Crippen LogP contribution in [0.3, 0.4) is 0 Å². The van der Waals surface area contributed by atoms with E-state index in [4.69, 9.17) is 11.6 Å². The number of hydrogen-bond acceptors (Lipinski definition) is 3. The monoisotopic (exact) mass is 232 g/mol. The topological polar surface area (TPSA) is 42.0 Å². The van der Waals surface area contributed by atoms with Gasteiger partial charge >= 0.3 is 0 Å². The van der Waals surface area contributed by atoms with E-state index in [-0.39, 0.29) is 5.91 Å². The minimum Gasteiger partial charge on any atom is -0.356 e. The number of carbonyl (C=O) groups excluding carboxylic acids is 1. The highest BCUT2D eigenvalue weighted by Gasteiger charge is 2.01. The fraction of sp³-hybridized carbons (Fsp3) is 0.556. The van der Waals surface area contributed by atoms with Gasteiger partial charge in [-0.15, -0.1) is 22.9 Å². The van der Waals surface area contributed by atoms with Crippen molar-refractivity contribution < 1.29 is 4.79 Å². The molecule has 3 nitrogen and oxygen atoms in total. The van der Waals surface area contributed by atoms with Gasteiger partial charge in [0.05, 0.1) is 5.01 Å². The Bertz CT molecular complexity index is 301. The van der Waals surface area contributed by atoms with Crippen molar-refractivity contribution in [3.05, 3.63) is 16.1 Å². The maximum Gasteiger partial charge on any atom is 0.221 e. The van der Waals surface area contributed by atoms with Crippen molar-refractivity contribution in [2.45, 2.75) is 19.8 Å². The van der Waals surface area contributed by atoms with Gasteiger partial charge in [-0.05, 0) is 6.92 Å². The molecule has 14 heavy (non-hydrogen) atoms. The molecule has 0 atom stereocenters. The molecule has 1 amide bonds. The summed E-state index contributed by atoms with van der Waals surface area (Å²) in [5, 5.41) is 5.86. The van der Waals surface area contributed by atoms with Gasteiger partial charge in [0.2, 0.25) is 5.91 Å². The number of carbonyl (C=O) groups is 1. The summed E-state index contributed by atoms with van der Waals surface area (Å²) in [6.45, 7) is 2.61. The lowest BCUT2D eigenvalue weighted by Gasteiger charge is -2.01. The maximum atomic E-state index is 11.0. The van der Waals surface area contributed by atoms with Crippen LogP contribution in [0, 0.1) is 6.92 Å². The van der Waals surface area contributed by atoms with Crippen LogP contribution in [-0.2, 0) is 11.2 Å². The van der Waals surface area contributed by atoms with E-state index in [9.17, 15) is 4.79 Å². The Morgan fingerprint density at radius 2 is 2.50 bits per heavy atom. The van der Waals surface area contributed by atoms with Crippen molar-refractivity contribution in [3.8, 4) is 0 Å². The maximum absolute atomic E-state index is 11.0. The van der Waals surface area contributed by atoms with Crippen LogP contribution in [0.1, 0.15) is 17.1 Å². The predicted octanol–water partition coefficient (Wildman–Crippen LogP) is 1.74. The zero-order valence-electron chi connectivity index (χ0n) is 8.05. The van der Waals surface area contributed by atoms with E-state index in [0.717, 1.165) is 17.1 Å². The Labute approximate surface area is 92.5 Å². The van der Waals surface area contributed by atoms with Gasteiger partial charge in [0, 0.05) is 36.3 Å². The second kappa shape index (κ2) is 5.98. The second-order valence-electron chi connectivity index (χ2n) is 2.92. The molecule has 0 spiro atoms. The van der Waals surface area contributed by atoms with Crippen LogP contribution in [-0.4, -0.2) is 23.3 Å². The van der Waals surface area contributed by atoms with Gasteiger partial charge in [-0.25, -0.2) is 4.98 Å². The Kier molecular flexibility index (Phi) is 4.90. The molecule has 0 radical (unpaired) electrons. The third-order valence-electron chi connectivity index (χ3n) is 1.65. The van der Waals surface area contributed by atoms with Crippen LogP contribution in [0.4, 0.5) is 0 Å². The van der Waals surface area contributed by atoms with E-state index < -0.39 is 0 Å². The summed E-state index contributed by atoms with van der Waals surface area (Å²) >= 11 is 7.05. The first-order chi connectivity index (χ1) is 6.72. The van der Waals surface area contributed by atoms with E-state index in [2.05, 4.69) is 10.3 Å². The standard InChI is InChI=1S/C9H13ClN2OS/c1-7-6-14-9(12-7)3-5-11-8(13)2-4-10/h6H,2-5H2,1H3,(H,11,13). The third kappa shape index (κ3) is 4.07. The van der Waals surface area contributed by atoms with Crippen LogP contribution in [0.25, 0.3) is 0 Å². The molecule has 1 aromatic heterocycles. The number of hydrogen-bond donors (Lipinski definition) is 1. The molecule has 0 saturated carbocycles. The van der Waals surface area contributed by atoms with Crippen molar-refractivity contribution in [1.82, 2.24) is 10.3 Å². The third-order valence-corrected chi connectivity index (χ3v) is 2.86. The first kappa shape index (κ1) is 11.5. The summed E-state index contributed by atoms with van der Waals surface area (Å²) in [7, 11) is 0. The number of halogens is 1. The largest absolute Gasteiger partial charge is 0.356 e. The van der Waals surface area contributed by atoms with Crippen molar-refractivity contribution in [1.29, 1.82) is 0 Å². The van der Waals surface area contributed by atoms with E-state index in [1.165, 1.54) is 0 Å². The van der Waals surface area contributed by atoms with Crippen LogP contribution < -0.4 is 5.32 Å². The Balaban J connectivity index is 2.18. The number of aryl methyl sites for hydroxylation is 1. The van der Waals surface area contributed by atoms with E-state index in [1.54, 1.807) is 11.3 Å². The molecule has 0 aliphatic rings. The minimum absolute atomic E-state index is 0.00766. The molecule has 1 rings (SSSR count). The van der Waals surface area contributed by atoms with Gasteiger partial charge in [0.25, 0.3) is 0 Å². The molecule has 5 heteroatoms. The first-order valence-electron chi connectivity index (χ1n) is 4.46. The fourth-order valence-corrected chi connectivity index (χ4v) is 1.95. The molecule has 0 fully saturated rings. The molecule has 0 bridgehead atoms. The average molecular weight is 233 g/mol. The van der Waals surface area contributed by atoms with Crippen LogP contribution >= 0.6 is 22.9 Å². The number of nitrogens with zero attached hydrogens (tertiary/aromatic N) is 1. The number of alkyl halides is 1.